The molecule has 1 fully saturated rings. The Morgan fingerprint density at radius 3 is 2.16 bits per heavy atom. The molecule has 0 N–H and O–H groups in total. The number of methoxy groups -OCH3 is 2. The molecule has 0 saturated carbocycles. The summed E-state index contributed by atoms with van der Waals surface area (Å²) in [5, 5.41) is 0. The second-order valence-corrected chi connectivity index (χ2v) is 5.35. The van der Waals surface area contributed by atoms with Crippen LogP contribution >= 0.6 is 0 Å². The van der Waals surface area contributed by atoms with Crippen molar-refractivity contribution in [3.05, 3.63) is 0 Å². The number of likely N-dealkylation sites (N-methyl/N-ethyl adjacent to an activating group) is 1. The van der Waals surface area contributed by atoms with E-state index in [2.05, 4.69) is 16.8 Å². The van der Waals surface area contributed by atoms with Crippen LogP contribution in [0.3, 0.4) is 0 Å². The third-order valence-corrected chi connectivity index (χ3v) is 3.52. The van der Waals surface area contributed by atoms with Crippen molar-refractivity contribution in [2.45, 2.75) is 6.42 Å². The van der Waals surface area contributed by atoms with Gasteiger partial charge in [0.05, 0.1) is 19.8 Å². The highest BCUT2D eigenvalue weighted by atomic mass is 16.5. The Balaban J connectivity index is 1.97. The smallest absolute Gasteiger partial charge is 0.0538 e. The van der Waals surface area contributed by atoms with Gasteiger partial charge in [0.2, 0.25) is 0 Å². The number of hydrogen-bond acceptors (Lipinski definition) is 5. The summed E-state index contributed by atoms with van der Waals surface area (Å²) in [6.07, 6.45) is 1.11. The average Bonchev–Trinajstić information content (AvgIpc) is 2.41. The van der Waals surface area contributed by atoms with Crippen LogP contribution in [0.4, 0.5) is 0 Å². The lowest BCUT2D eigenvalue weighted by atomic mass is 10.2. The van der Waals surface area contributed by atoms with Crippen molar-refractivity contribution in [2.75, 3.05) is 80.4 Å². The number of rotatable bonds is 10. The van der Waals surface area contributed by atoms with E-state index in [9.17, 15) is 0 Å². The van der Waals surface area contributed by atoms with Gasteiger partial charge in [-0.05, 0) is 13.5 Å². The van der Waals surface area contributed by atoms with Gasteiger partial charge in [-0.2, -0.15) is 0 Å². The van der Waals surface area contributed by atoms with E-state index >= 15 is 0 Å². The van der Waals surface area contributed by atoms with Crippen LogP contribution in [0.15, 0.2) is 0 Å². The first-order valence-electron chi connectivity index (χ1n) is 7.22. The van der Waals surface area contributed by atoms with Gasteiger partial charge in [-0.1, -0.05) is 0 Å². The highest BCUT2D eigenvalue weighted by molar-refractivity contribution is 4.68. The van der Waals surface area contributed by atoms with Gasteiger partial charge >= 0.3 is 0 Å². The fourth-order valence-corrected chi connectivity index (χ4v) is 2.33. The van der Waals surface area contributed by atoms with E-state index in [1.807, 2.05) is 0 Å². The summed E-state index contributed by atoms with van der Waals surface area (Å²) < 4.78 is 16.0. The van der Waals surface area contributed by atoms with Crippen molar-refractivity contribution >= 4 is 0 Å². The van der Waals surface area contributed by atoms with Gasteiger partial charge in [0, 0.05) is 59.5 Å². The fourth-order valence-electron chi connectivity index (χ4n) is 2.33. The summed E-state index contributed by atoms with van der Waals surface area (Å²) >= 11 is 0. The maximum atomic E-state index is 5.72. The quantitative estimate of drug-likeness (QED) is 0.544. The van der Waals surface area contributed by atoms with Gasteiger partial charge in [-0.25, -0.2) is 0 Å². The Kier molecular flexibility index (Phi) is 9.38. The van der Waals surface area contributed by atoms with E-state index < -0.39 is 0 Å². The largest absolute Gasteiger partial charge is 0.384 e. The molecule has 114 valence electrons. The normalized spacial score (nSPS) is 18.3. The lowest BCUT2D eigenvalue weighted by molar-refractivity contribution is 0.0160. The molecule has 1 aliphatic heterocycles. The molecule has 1 rings (SSSR count). The molecule has 0 aromatic rings. The molecule has 0 aliphatic carbocycles. The lowest BCUT2D eigenvalue weighted by Crippen LogP contribution is -2.44. The van der Waals surface area contributed by atoms with Crippen LogP contribution in [0.5, 0.6) is 0 Å². The Bertz CT molecular complexity index is 203. The summed E-state index contributed by atoms with van der Waals surface area (Å²) in [6.45, 7) is 8.85. The molecule has 0 atom stereocenters. The highest BCUT2D eigenvalue weighted by Gasteiger charge is 2.13. The summed E-state index contributed by atoms with van der Waals surface area (Å²) in [5.74, 6) is 0.346. The minimum atomic E-state index is 0.346. The molecule has 19 heavy (non-hydrogen) atoms. The summed E-state index contributed by atoms with van der Waals surface area (Å²) in [7, 11) is 5.62. The zero-order valence-electron chi connectivity index (χ0n) is 12.8. The first kappa shape index (κ1) is 16.9. The number of nitrogens with zero attached hydrogens (tertiary/aromatic N) is 2. The van der Waals surface area contributed by atoms with Crippen LogP contribution in [0.1, 0.15) is 6.42 Å². The Morgan fingerprint density at radius 1 is 0.947 bits per heavy atom. The number of piperazine rings is 1. The maximum absolute atomic E-state index is 5.72. The molecular formula is C14H30N2O3. The fraction of sp³-hybridized carbons (Fsp3) is 1.00. The zero-order chi connectivity index (χ0) is 13.9. The zero-order valence-corrected chi connectivity index (χ0v) is 12.8. The van der Waals surface area contributed by atoms with Crippen molar-refractivity contribution in [2.24, 2.45) is 5.92 Å². The van der Waals surface area contributed by atoms with Crippen molar-refractivity contribution in [3.63, 3.8) is 0 Å². The van der Waals surface area contributed by atoms with Crippen LogP contribution in [-0.2, 0) is 14.2 Å². The maximum Gasteiger partial charge on any atom is 0.0538 e. The van der Waals surface area contributed by atoms with Crippen molar-refractivity contribution in [1.29, 1.82) is 0 Å². The van der Waals surface area contributed by atoms with Gasteiger partial charge in [0.15, 0.2) is 0 Å². The van der Waals surface area contributed by atoms with Gasteiger partial charge in [-0.3, -0.25) is 0 Å². The molecular weight excluding hydrogens is 244 g/mol. The Hall–Kier alpha value is -0.200. The number of hydrogen-bond donors (Lipinski definition) is 0. The predicted octanol–water partition coefficient (Wildman–Crippen LogP) is 0.550. The van der Waals surface area contributed by atoms with Crippen molar-refractivity contribution in [3.8, 4) is 0 Å². The third kappa shape index (κ3) is 7.84. The van der Waals surface area contributed by atoms with Gasteiger partial charge in [-0.15, -0.1) is 0 Å². The Labute approximate surface area is 117 Å². The van der Waals surface area contributed by atoms with Crippen LogP contribution < -0.4 is 0 Å². The van der Waals surface area contributed by atoms with E-state index in [0.717, 1.165) is 26.2 Å². The second-order valence-electron chi connectivity index (χ2n) is 5.35. The third-order valence-electron chi connectivity index (χ3n) is 3.52. The molecule has 1 aliphatic rings. The molecule has 0 aromatic heterocycles. The molecule has 0 aromatic carbocycles. The summed E-state index contributed by atoms with van der Waals surface area (Å²) in [4.78, 5) is 4.90. The molecule has 0 spiro atoms. The summed E-state index contributed by atoms with van der Waals surface area (Å²) in [6, 6.07) is 0. The SMILES string of the molecule is COCC(COC)COCCCN1CCN(C)CC1. The van der Waals surface area contributed by atoms with E-state index in [4.69, 9.17) is 14.2 Å². The molecule has 1 heterocycles. The second kappa shape index (κ2) is 10.6. The molecule has 1 saturated heterocycles. The lowest BCUT2D eigenvalue weighted by Gasteiger charge is -2.32. The molecule has 5 nitrogen and oxygen atoms in total. The monoisotopic (exact) mass is 274 g/mol. The number of ether oxygens (including phenoxy) is 3. The van der Waals surface area contributed by atoms with Crippen LogP contribution in [0.25, 0.3) is 0 Å². The highest BCUT2D eigenvalue weighted by Crippen LogP contribution is 2.02. The summed E-state index contributed by atoms with van der Waals surface area (Å²) in [5.41, 5.74) is 0. The topological polar surface area (TPSA) is 34.2 Å². The minimum absolute atomic E-state index is 0.346. The van der Waals surface area contributed by atoms with E-state index in [1.165, 1.54) is 26.2 Å². The van der Waals surface area contributed by atoms with Gasteiger partial charge in [0.1, 0.15) is 0 Å². The van der Waals surface area contributed by atoms with E-state index in [0.29, 0.717) is 19.1 Å². The average molecular weight is 274 g/mol. The van der Waals surface area contributed by atoms with Gasteiger partial charge < -0.3 is 24.0 Å². The minimum Gasteiger partial charge on any atom is -0.384 e. The molecule has 5 heteroatoms. The molecule has 0 radical (unpaired) electrons. The molecule has 0 unspecified atom stereocenters. The van der Waals surface area contributed by atoms with Crippen LogP contribution in [0.2, 0.25) is 0 Å². The Morgan fingerprint density at radius 2 is 1.58 bits per heavy atom. The van der Waals surface area contributed by atoms with Crippen molar-refractivity contribution < 1.29 is 14.2 Å². The van der Waals surface area contributed by atoms with E-state index in [-0.39, 0.29) is 0 Å². The standard InChI is InChI=1S/C14H30N2O3/c1-15-6-8-16(9-7-15)5-4-10-19-13-14(11-17-2)12-18-3/h14H,4-13H2,1-3H3. The molecule has 0 amide bonds. The first-order valence-corrected chi connectivity index (χ1v) is 7.22. The first-order chi connectivity index (χ1) is 9.26. The van der Waals surface area contributed by atoms with E-state index in [1.54, 1.807) is 14.2 Å². The molecule has 0 bridgehead atoms. The van der Waals surface area contributed by atoms with Crippen molar-refractivity contribution in [1.82, 2.24) is 9.80 Å². The van der Waals surface area contributed by atoms with Crippen LogP contribution in [-0.4, -0.2) is 90.2 Å². The van der Waals surface area contributed by atoms with Crippen LogP contribution in [0, 0.1) is 5.92 Å². The predicted molar refractivity (Wildman–Crippen MR) is 76.6 cm³/mol. The van der Waals surface area contributed by atoms with Gasteiger partial charge in [0.25, 0.3) is 0 Å².